The van der Waals surface area contributed by atoms with E-state index in [1.165, 1.54) is 24.1 Å². The highest BCUT2D eigenvalue weighted by atomic mass is 15.1. The molecule has 1 aliphatic rings. The van der Waals surface area contributed by atoms with E-state index in [4.69, 9.17) is 0 Å². The minimum Gasteiger partial charge on any atom is -0.381 e. The van der Waals surface area contributed by atoms with Crippen LogP contribution in [0.3, 0.4) is 0 Å². The Hall–Kier alpha value is -1.81. The number of H-pyrrole nitrogens is 1. The van der Waals surface area contributed by atoms with E-state index in [9.17, 15) is 0 Å². The van der Waals surface area contributed by atoms with Crippen LogP contribution in [0.5, 0.6) is 0 Å². The van der Waals surface area contributed by atoms with Gasteiger partial charge in [0.15, 0.2) is 0 Å². The highest BCUT2D eigenvalue weighted by Gasteiger charge is 2.12. The van der Waals surface area contributed by atoms with Gasteiger partial charge >= 0.3 is 0 Å². The molecule has 0 radical (unpaired) electrons. The van der Waals surface area contributed by atoms with E-state index < -0.39 is 0 Å². The third-order valence-corrected chi connectivity index (χ3v) is 3.34. The molecule has 0 saturated carbocycles. The zero-order chi connectivity index (χ0) is 12.2. The van der Waals surface area contributed by atoms with Crippen LogP contribution in [-0.2, 0) is 0 Å². The maximum Gasteiger partial charge on any atom is 0.0650 e. The Morgan fingerprint density at radius 3 is 3.06 bits per heavy atom. The number of anilines is 1. The van der Waals surface area contributed by atoms with Crippen LogP contribution >= 0.6 is 0 Å². The van der Waals surface area contributed by atoms with Gasteiger partial charge in [0.25, 0.3) is 0 Å². The van der Waals surface area contributed by atoms with Crippen molar-refractivity contribution < 1.29 is 0 Å². The second kappa shape index (κ2) is 5.23. The van der Waals surface area contributed by atoms with Crippen LogP contribution in [0.1, 0.15) is 12.8 Å². The third kappa shape index (κ3) is 2.54. The fourth-order valence-electron chi connectivity index (χ4n) is 2.40. The Kier molecular flexibility index (Phi) is 3.28. The van der Waals surface area contributed by atoms with Gasteiger partial charge in [-0.15, -0.1) is 0 Å². The van der Waals surface area contributed by atoms with E-state index in [2.05, 4.69) is 45.1 Å². The Bertz CT molecular complexity index is 486. The van der Waals surface area contributed by atoms with Gasteiger partial charge in [0.2, 0.25) is 0 Å². The second-order valence-electron chi connectivity index (χ2n) is 4.74. The highest BCUT2D eigenvalue weighted by molar-refractivity contribution is 5.64. The molecule has 2 heterocycles. The number of aromatic amines is 1. The smallest absolute Gasteiger partial charge is 0.0650 e. The van der Waals surface area contributed by atoms with E-state index >= 15 is 0 Å². The van der Waals surface area contributed by atoms with Gasteiger partial charge in [-0.25, -0.2) is 0 Å². The summed E-state index contributed by atoms with van der Waals surface area (Å²) in [6, 6.07) is 11.0. The van der Waals surface area contributed by atoms with Crippen LogP contribution < -0.4 is 10.6 Å². The highest BCUT2D eigenvalue weighted by Crippen LogP contribution is 2.21. The second-order valence-corrected chi connectivity index (χ2v) is 4.74. The number of hydrogen-bond acceptors (Lipinski definition) is 3. The summed E-state index contributed by atoms with van der Waals surface area (Å²) in [7, 11) is 0. The van der Waals surface area contributed by atoms with Gasteiger partial charge < -0.3 is 10.6 Å². The van der Waals surface area contributed by atoms with Crippen molar-refractivity contribution in [3.63, 3.8) is 0 Å². The van der Waals surface area contributed by atoms with E-state index in [1.54, 1.807) is 6.20 Å². The molecule has 1 atom stereocenters. The van der Waals surface area contributed by atoms with E-state index in [0.717, 1.165) is 18.8 Å². The first-order chi connectivity index (χ1) is 8.92. The zero-order valence-corrected chi connectivity index (χ0v) is 10.3. The predicted octanol–water partition coefficient (Wildman–Crippen LogP) is 2.24. The molecule has 94 valence electrons. The molecule has 1 unspecified atom stereocenters. The first kappa shape index (κ1) is 11.3. The number of rotatable bonds is 3. The average molecular weight is 242 g/mol. The fourth-order valence-corrected chi connectivity index (χ4v) is 2.40. The predicted molar refractivity (Wildman–Crippen MR) is 73.5 cm³/mol. The van der Waals surface area contributed by atoms with Crippen molar-refractivity contribution in [3.05, 3.63) is 36.5 Å². The Morgan fingerprint density at radius 2 is 2.28 bits per heavy atom. The Morgan fingerprint density at radius 1 is 1.28 bits per heavy atom. The summed E-state index contributed by atoms with van der Waals surface area (Å²) < 4.78 is 0. The molecule has 18 heavy (non-hydrogen) atoms. The molecule has 0 bridgehead atoms. The minimum absolute atomic E-state index is 0.538. The number of hydrogen-bond donors (Lipinski definition) is 3. The maximum atomic E-state index is 3.99. The first-order valence-electron chi connectivity index (χ1n) is 6.49. The van der Waals surface area contributed by atoms with Gasteiger partial charge in [0, 0.05) is 30.0 Å². The summed E-state index contributed by atoms with van der Waals surface area (Å²) >= 11 is 0. The molecule has 1 aromatic heterocycles. The number of aromatic nitrogens is 2. The third-order valence-electron chi connectivity index (χ3n) is 3.34. The normalized spacial score (nSPS) is 19.7. The number of benzene rings is 1. The standard InChI is InChI=1S/C14H18N4/c1-3-11(14-6-8-16-18-14)9-12(4-1)17-13-5-2-7-15-10-13/h1,3-4,6,8-9,13,15,17H,2,5,7,10H2,(H,16,18). The molecule has 3 N–H and O–H groups in total. The number of nitrogens with zero attached hydrogens (tertiary/aromatic N) is 1. The zero-order valence-electron chi connectivity index (χ0n) is 10.3. The lowest BCUT2D eigenvalue weighted by Gasteiger charge is -2.25. The molecule has 3 rings (SSSR count). The topological polar surface area (TPSA) is 52.7 Å². The van der Waals surface area contributed by atoms with Gasteiger partial charge in [-0.1, -0.05) is 12.1 Å². The summed E-state index contributed by atoms with van der Waals surface area (Å²) in [5.74, 6) is 0. The Balaban J connectivity index is 1.74. The van der Waals surface area contributed by atoms with Gasteiger partial charge in [-0.05, 0) is 37.6 Å². The molecule has 0 spiro atoms. The van der Waals surface area contributed by atoms with Gasteiger partial charge in [-0.3, -0.25) is 5.10 Å². The molecule has 1 saturated heterocycles. The molecule has 1 aromatic carbocycles. The lowest BCUT2D eigenvalue weighted by atomic mass is 10.1. The van der Waals surface area contributed by atoms with Crippen molar-refractivity contribution in [3.8, 4) is 11.3 Å². The molecule has 1 aliphatic heterocycles. The van der Waals surface area contributed by atoms with Crippen molar-refractivity contribution in [1.29, 1.82) is 0 Å². The fraction of sp³-hybridized carbons (Fsp3) is 0.357. The van der Waals surface area contributed by atoms with Crippen molar-refractivity contribution in [2.75, 3.05) is 18.4 Å². The summed E-state index contributed by atoms with van der Waals surface area (Å²) in [6.45, 7) is 2.20. The molecular weight excluding hydrogens is 224 g/mol. The lowest BCUT2D eigenvalue weighted by molar-refractivity contribution is 0.480. The number of piperidine rings is 1. The largest absolute Gasteiger partial charge is 0.381 e. The number of nitrogens with one attached hydrogen (secondary N) is 3. The average Bonchev–Trinajstić information content (AvgIpc) is 2.94. The summed E-state index contributed by atoms with van der Waals surface area (Å²) in [5.41, 5.74) is 3.40. The summed E-state index contributed by atoms with van der Waals surface area (Å²) in [4.78, 5) is 0. The SMILES string of the molecule is c1cc(NC2CCCNC2)cc(-c2ccn[nH]2)c1. The maximum absolute atomic E-state index is 3.99. The van der Waals surface area contributed by atoms with Crippen molar-refractivity contribution >= 4 is 5.69 Å². The molecule has 0 aliphatic carbocycles. The van der Waals surface area contributed by atoms with Gasteiger partial charge in [-0.2, -0.15) is 5.10 Å². The van der Waals surface area contributed by atoms with E-state index in [1.807, 2.05) is 6.07 Å². The summed E-state index contributed by atoms with van der Waals surface area (Å²) in [5, 5.41) is 14.0. The monoisotopic (exact) mass is 242 g/mol. The lowest BCUT2D eigenvalue weighted by Crippen LogP contribution is -2.38. The van der Waals surface area contributed by atoms with Gasteiger partial charge in [0.05, 0.1) is 5.69 Å². The van der Waals surface area contributed by atoms with E-state index in [0.29, 0.717) is 6.04 Å². The molecule has 4 heteroatoms. The quantitative estimate of drug-likeness (QED) is 0.773. The van der Waals surface area contributed by atoms with Crippen LogP contribution in [0.4, 0.5) is 5.69 Å². The van der Waals surface area contributed by atoms with Crippen molar-refractivity contribution in [2.24, 2.45) is 0 Å². The van der Waals surface area contributed by atoms with Crippen LogP contribution in [0, 0.1) is 0 Å². The molecule has 1 fully saturated rings. The van der Waals surface area contributed by atoms with Crippen molar-refractivity contribution in [1.82, 2.24) is 15.5 Å². The first-order valence-corrected chi connectivity index (χ1v) is 6.49. The van der Waals surface area contributed by atoms with Crippen LogP contribution in [0.25, 0.3) is 11.3 Å². The minimum atomic E-state index is 0.538. The molecule has 0 amide bonds. The molecule has 4 nitrogen and oxygen atoms in total. The summed E-state index contributed by atoms with van der Waals surface area (Å²) in [6.07, 6.45) is 4.26. The van der Waals surface area contributed by atoms with Crippen LogP contribution in [-0.4, -0.2) is 29.3 Å². The van der Waals surface area contributed by atoms with Gasteiger partial charge in [0.1, 0.15) is 0 Å². The molecule has 2 aromatic rings. The van der Waals surface area contributed by atoms with Crippen LogP contribution in [0.2, 0.25) is 0 Å². The van der Waals surface area contributed by atoms with Crippen molar-refractivity contribution in [2.45, 2.75) is 18.9 Å². The van der Waals surface area contributed by atoms with Crippen LogP contribution in [0.15, 0.2) is 36.5 Å². The van der Waals surface area contributed by atoms with E-state index in [-0.39, 0.29) is 0 Å². The molecular formula is C14H18N4. The Labute approximate surface area is 107 Å².